The molecule has 3 aliphatic rings. The Morgan fingerprint density at radius 3 is 2.79 bits per heavy atom. The standard InChI is InChI=1S/C20H21FN6O/c1-10(28)15-11-4-6-12(7-5-11)16(15)24-19-14(21)9-23-20(25-19)17-13-3-2-8-22-18(13)27-26-17/h2-3,8-9,11-12,15-16H,4-7H2,1H3,(H,22,26,27)(H,23,24,25). The quantitative estimate of drug-likeness (QED) is 0.720. The van der Waals surface area contributed by atoms with Crippen molar-refractivity contribution in [2.45, 2.75) is 38.6 Å². The Morgan fingerprint density at radius 1 is 1.21 bits per heavy atom. The fourth-order valence-electron chi connectivity index (χ4n) is 5.01. The van der Waals surface area contributed by atoms with E-state index in [0.29, 0.717) is 29.0 Å². The number of pyridine rings is 1. The van der Waals surface area contributed by atoms with Crippen LogP contribution < -0.4 is 5.32 Å². The van der Waals surface area contributed by atoms with Gasteiger partial charge >= 0.3 is 0 Å². The number of H-pyrrole nitrogens is 1. The Labute approximate surface area is 161 Å². The first-order valence-electron chi connectivity index (χ1n) is 9.71. The number of carbonyl (C=O) groups is 1. The minimum Gasteiger partial charge on any atom is -0.364 e. The molecule has 0 radical (unpaired) electrons. The summed E-state index contributed by atoms with van der Waals surface area (Å²) >= 11 is 0. The summed E-state index contributed by atoms with van der Waals surface area (Å²) in [5.41, 5.74) is 1.15. The van der Waals surface area contributed by atoms with E-state index in [1.54, 1.807) is 19.2 Å². The summed E-state index contributed by atoms with van der Waals surface area (Å²) in [6.45, 7) is 1.64. The molecular formula is C20H21FN6O. The highest BCUT2D eigenvalue weighted by molar-refractivity contribution is 5.88. The van der Waals surface area contributed by atoms with Crippen LogP contribution in [0.25, 0.3) is 22.6 Å². The molecule has 0 spiro atoms. The molecule has 28 heavy (non-hydrogen) atoms. The van der Waals surface area contributed by atoms with E-state index in [-0.39, 0.29) is 23.6 Å². The molecule has 6 rings (SSSR count). The van der Waals surface area contributed by atoms with Gasteiger partial charge in [0.2, 0.25) is 0 Å². The molecule has 3 saturated carbocycles. The van der Waals surface area contributed by atoms with Crippen LogP contribution in [0.3, 0.4) is 0 Å². The molecule has 3 aliphatic carbocycles. The Kier molecular flexibility index (Phi) is 4.07. The highest BCUT2D eigenvalue weighted by Crippen LogP contribution is 2.46. The molecule has 0 aliphatic heterocycles. The highest BCUT2D eigenvalue weighted by Gasteiger charge is 2.46. The van der Waals surface area contributed by atoms with Crippen molar-refractivity contribution in [3.63, 3.8) is 0 Å². The van der Waals surface area contributed by atoms with E-state index in [1.807, 2.05) is 6.07 Å². The summed E-state index contributed by atoms with van der Waals surface area (Å²) in [5.74, 6) is 0.810. The van der Waals surface area contributed by atoms with Gasteiger partial charge in [0.05, 0.1) is 6.20 Å². The predicted octanol–water partition coefficient (Wildman–Crippen LogP) is 3.36. The minimum atomic E-state index is -0.519. The lowest BCUT2D eigenvalue weighted by Crippen LogP contribution is -2.51. The van der Waals surface area contributed by atoms with E-state index < -0.39 is 5.82 Å². The van der Waals surface area contributed by atoms with Crippen molar-refractivity contribution in [1.82, 2.24) is 25.1 Å². The lowest BCUT2D eigenvalue weighted by molar-refractivity contribution is -0.126. The molecule has 144 valence electrons. The van der Waals surface area contributed by atoms with Crippen molar-refractivity contribution in [2.75, 3.05) is 5.32 Å². The number of aromatic nitrogens is 5. The first-order valence-corrected chi connectivity index (χ1v) is 9.71. The topological polar surface area (TPSA) is 96.5 Å². The van der Waals surface area contributed by atoms with Crippen LogP contribution >= 0.6 is 0 Å². The Bertz CT molecular complexity index is 1040. The van der Waals surface area contributed by atoms with Crippen molar-refractivity contribution >= 4 is 22.6 Å². The molecule has 0 amide bonds. The van der Waals surface area contributed by atoms with Gasteiger partial charge < -0.3 is 5.32 Å². The molecule has 2 unspecified atom stereocenters. The van der Waals surface area contributed by atoms with Crippen LogP contribution in [0.4, 0.5) is 10.2 Å². The van der Waals surface area contributed by atoms with Gasteiger partial charge in [-0.2, -0.15) is 5.10 Å². The molecule has 7 nitrogen and oxygen atoms in total. The number of hydrogen-bond donors (Lipinski definition) is 2. The number of carbonyl (C=O) groups excluding carboxylic acids is 1. The predicted molar refractivity (Wildman–Crippen MR) is 102 cm³/mol. The van der Waals surface area contributed by atoms with Gasteiger partial charge in [0.25, 0.3) is 0 Å². The van der Waals surface area contributed by atoms with Crippen LogP contribution in [0.2, 0.25) is 0 Å². The maximum atomic E-state index is 14.5. The van der Waals surface area contributed by atoms with Crippen LogP contribution in [0, 0.1) is 23.6 Å². The van der Waals surface area contributed by atoms with Crippen LogP contribution in [0.1, 0.15) is 32.6 Å². The van der Waals surface area contributed by atoms with E-state index >= 15 is 0 Å². The number of halogens is 1. The Morgan fingerprint density at radius 2 is 2.00 bits per heavy atom. The SMILES string of the molecule is CC(=O)C1C2CCC(CC2)C1Nc1nc(-c2[nH]nc3ncccc23)ncc1F. The minimum absolute atomic E-state index is 0.0810. The van der Waals surface area contributed by atoms with Gasteiger partial charge in [-0.3, -0.25) is 9.89 Å². The number of fused-ring (bicyclic) bond motifs is 4. The summed E-state index contributed by atoms with van der Waals surface area (Å²) in [7, 11) is 0. The summed E-state index contributed by atoms with van der Waals surface area (Å²) in [5, 5.41) is 11.1. The van der Waals surface area contributed by atoms with E-state index in [4.69, 9.17) is 0 Å². The second kappa shape index (κ2) is 6.61. The van der Waals surface area contributed by atoms with Crippen molar-refractivity contribution in [1.29, 1.82) is 0 Å². The van der Waals surface area contributed by atoms with Gasteiger partial charge in [-0.05, 0) is 56.6 Å². The van der Waals surface area contributed by atoms with Crippen molar-refractivity contribution in [2.24, 2.45) is 17.8 Å². The molecule has 3 aromatic rings. The van der Waals surface area contributed by atoms with Crippen LogP contribution in [-0.4, -0.2) is 37.0 Å². The van der Waals surface area contributed by atoms with Gasteiger partial charge in [0.1, 0.15) is 11.5 Å². The number of nitrogens with one attached hydrogen (secondary N) is 2. The molecule has 0 saturated heterocycles. The number of aromatic amines is 1. The monoisotopic (exact) mass is 380 g/mol. The summed E-state index contributed by atoms with van der Waals surface area (Å²) in [4.78, 5) is 25.0. The molecule has 0 aromatic carbocycles. The third-order valence-electron chi connectivity index (χ3n) is 6.29. The van der Waals surface area contributed by atoms with Crippen molar-refractivity contribution in [3.05, 3.63) is 30.3 Å². The van der Waals surface area contributed by atoms with Gasteiger partial charge in [-0.1, -0.05) is 0 Å². The number of ketones is 1. The first kappa shape index (κ1) is 17.2. The summed E-state index contributed by atoms with van der Waals surface area (Å²) in [6.07, 6.45) is 7.13. The Balaban J connectivity index is 1.50. The molecule has 3 heterocycles. The second-order valence-corrected chi connectivity index (χ2v) is 7.84. The van der Waals surface area contributed by atoms with Crippen LogP contribution in [-0.2, 0) is 4.79 Å². The summed E-state index contributed by atoms with van der Waals surface area (Å²) < 4.78 is 14.5. The fourth-order valence-corrected chi connectivity index (χ4v) is 5.01. The molecule has 3 aromatic heterocycles. The third-order valence-corrected chi connectivity index (χ3v) is 6.29. The molecular weight excluding hydrogens is 359 g/mol. The first-order chi connectivity index (χ1) is 13.6. The zero-order valence-electron chi connectivity index (χ0n) is 15.5. The second-order valence-electron chi connectivity index (χ2n) is 7.84. The lowest BCUT2D eigenvalue weighted by Gasteiger charge is -2.48. The number of hydrogen-bond acceptors (Lipinski definition) is 6. The summed E-state index contributed by atoms with van der Waals surface area (Å²) in [6, 6.07) is 3.59. The number of rotatable bonds is 4. The molecule has 2 N–H and O–H groups in total. The average molecular weight is 380 g/mol. The number of Topliss-reactive ketones (excluding diaryl/α,β-unsaturated/α-hetero) is 1. The zero-order valence-corrected chi connectivity index (χ0v) is 15.5. The zero-order chi connectivity index (χ0) is 19.3. The van der Waals surface area contributed by atoms with Crippen LogP contribution in [0.5, 0.6) is 0 Å². The molecule has 2 atom stereocenters. The van der Waals surface area contributed by atoms with Crippen molar-refractivity contribution < 1.29 is 9.18 Å². The van der Waals surface area contributed by atoms with Gasteiger partial charge in [0.15, 0.2) is 23.1 Å². The van der Waals surface area contributed by atoms with Gasteiger partial charge in [-0.15, -0.1) is 0 Å². The largest absolute Gasteiger partial charge is 0.364 e. The van der Waals surface area contributed by atoms with E-state index in [9.17, 15) is 9.18 Å². The van der Waals surface area contributed by atoms with E-state index in [0.717, 1.165) is 37.3 Å². The van der Waals surface area contributed by atoms with E-state index in [2.05, 4.69) is 30.5 Å². The van der Waals surface area contributed by atoms with Crippen molar-refractivity contribution in [3.8, 4) is 11.5 Å². The van der Waals surface area contributed by atoms with Gasteiger partial charge in [-0.25, -0.2) is 19.3 Å². The molecule has 8 heteroatoms. The van der Waals surface area contributed by atoms with E-state index in [1.165, 1.54) is 0 Å². The maximum Gasteiger partial charge on any atom is 0.183 e. The third kappa shape index (κ3) is 2.75. The highest BCUT2D eigenvalue weighted by atomic mass is 19.1. The fraction of sp³-hybridized carbons (Fsp3) is 0.450. The number of nitrogens with zero attached hydrogens (tertiary/aromatic N) is 4. The normalized spacial score (nSPS) is 26.5. The average Bonchev–Trinajstić information content (AvgIpc) is 3.14. The molecule has 2 bridgehead atoms. The van der Waals surface area contributed by atoms with Crippen LogP contribution in [0.15, 0.2) is 24.5 Å². The number of anilines is 1. The smallest absolute Gasteiger partial charge is 0.183 e. The molecule has 3 fully saturated rings. The van der Waals surface area contributed by atoms with Gasteiger partial charge in [0, 0.05) is 23.5 Å². The lowest BCUT2D eigenvalue weighted by atomic mass is 9.60. The maximum absolute atomic E-state index is 14.5. The Hall–Kier alpha value is -2.90.